The van der Waals surface area contributed by atoms with Crippen molar-refractivity contribution < 1.29 is 4.74 Å². The third kappa shape index (κ3) is 3.41. The van der Waals surface area contributed by atoms with Crippen molar-refractivity contribution in [2.24, 2.45) is 0 Å². The molecule has 14 heavy (non-hydrogen) atoms. The summed E-state index contributed by atoms with van der Waals surface area (Å²) in [4.78, 5) is 0. The number of para-hydroxylation sites is 1. The number of ether oxygens (including phenoxy) is 1. The van der Waals surface area contributed by atoms with E-state index in [1.165, 1.54) is 31.2 Å². The first-order valence-corrected chi connectivity index (χ1v) is 5.50. The molecule has 0 amide bonds. The molecule has 0 fully saturated rings. The molecule has 1 nitrogen and oxygen atoms in total. The lowest BCUT2D eigenvalue weighted by atomic mass is 10.1. The van der Waals surface area contributed by atoms with Crippen LogP contribution in [0.2, 0.25) is 0 Å². The Bertz CT molecular complexity index is 255. The van der Waals surface area contributed by atoms with Gasteiger partial charge in [-0.1, -0.05) is 44.4 Å². The van der Waals surface area contributed by atoms with Gasteiger partial charge in [-0.2, -0.15) is 0 Å². The summed E-state index contributed by atoms with van der Waals surface area (Å²) in [6.45, 7) is 2.24. The van der Waals surface area contributed by atoms with Crippen molar-refractivity contribution >= 4 is 0 Å². The second kappa shape index (κ2) is 6.47. The van der Waals surface area contributed by atoms with Gasteiger partial charge in [0, 0.05) is 0 Å². The number of hydrogen-bond acceptors (Lipinski definition) is 1. The lowest BCUT2D eigenvalue weighted by Crippen LogP contribution is -1.91. The van der Waals surface area contributed by atoms with E-state index in [9.17, 15) is 0 Å². The van der Waals surface area contributed by atoms with Crippen molar-refractivity contribution in [1.29, 1.82) is 0 Å². The molecule has 0 bridgehead atoms. The van der Waals surface area contributed by atoms with Crippen molar-refractivity contribution in [3.63, 3.8) is 0 Å². The number of methoxy groups -OCH3 is 1. The van der Waals surface area contributed by atoms with Crippen LogP contribution < -0.4 is 4.74 Å². The molecule has 78 valence electrons. The summed E-state index contributed by atoms with van der Waals surface area (Å²) in [5.41, 5.74) is 1.34. The second-order valence-electron chi connectivity index (χ2n) is 3.62. The van der Waals surface area contributed by atoms with Crippen molar-refractivity contribution in [3.8, 4) is 5.75 Å². The minimum absolute atomic E-state index is 1.03. The number of hydrogen-bond donors (Lipinski definition) is 0. The molecule has 0 spiro atoms. The van der Waals surface area contributed by atoms with Crippen LogP contribution in [0.1, 0.15) is 38.2 Å². The SMILES string of the molecule is CCCCCCc1ccccc1OC. The number of rotatable bonds is 6. The third-order valence-corrected chi connectivity index (χ3v) is 2.49. The largest absolute Gasteiger partial charge is 0.496 e. The molecule has 0 unspecified atom stereocenters. The van der Waals surface area contributed by atoms with E-state index in [-0.39, 0.29) is 0 Å². The highest BCUT2D eigenvalue weighted by atomic mass is 16.5. The van der Waals surface area contributed by atoms with Crippen LogP contribution in [-0.2, 0) is 6.42 Å². The molecule has 0 aliphatic carbocycles. The van der Waals surface area contributed by atoms with Gasteiger partial charge in [-0.05, 0) is 24.5 Å². The molecule has 1 aromatic rings. The van der Waals surface area contributed by atoms with E-state index >= 15 is 0 Å². The smallest absolute Gasteiger partial charge is 0.122 e. The van der Waals surface area contributed by atoms with E-state index in [0.717, 1.165) is 12.2 Å². The van der Waals surface area contributed by atoms with Crippen LogP contribution in [0.5, 0.6) is 5.75 Å². The molecule has 1 heteroatoms. The summed E-state index contributed by atoms with van der Waals surface area (Å²) in [5, 5.41) is 0. The topological polar surface area (TPSA) is 9.23 Å². The van der Waals surface area contributed by atoms with E-state index < -0.39 is 0 Å². The zero-order chi connectivity index (χ0) is 10.2. The summed E-state index contributed by atoms with van der Waals surface area (Å²) in [6, 6.07) is 8.30. The molecule has 0 atom stereocenters. The van der Waals surface area contributed by atoms with E-state index in [4.69, 9.17) is 4.74 Å². The van der Waals surface area contributed by atoms with Crippen LogP contribution in [0.15, 0.2) is 24.3 Å². The maximum atomic E-state index is 5.30. The normalized spacial score (nSPS) is 10.1. The minimum Gasteiger partial charge on any atom is -0.496 e. The Morgan fingerprint density at radius 1 is 1.07 bits per heavy atom. The van der Waals surface area contributed by atoms with Crippen molar-refractivity contribution in [2.75, 3.05) is 7.11 Å². The highest BCUT2D eigenvalue weighted by molar-refractivity contribution is 5.33. The first kappa shape index (κ1) is 11.1. The molecule has 0 aromatic heterocycles. The molecular formula is C13H20O. The van der Waals surface area contributed by atoms with Gasteiger partial charge in [-0.25, -0.2) is 0 Å². The van der Waals surface area contributed by atoms with Gasteiger partial charge < -0.3 is 4.74 Å². The summed E-state index contributed by atoms with van der Waals surface area (Å²) >= 11 is 0. The van der Waals surface area contributed by atoms with Gasteiger partial charge in [0.15, 0.2) is 0 Å². The molecule has 0 aliphatic rings. The van der Waals surface area contributed by atoms with E-state index in [1.54, 1.807) is 7.11 Å². The number of benzene rings is 1. The van der Waals surface area contributed by atoms with E-state index in [2.05, 4.69) is 19.1 Å². The zero-order valence-electron chi connectivity index (χ0n) is 9.25. The molecular weight excluding hydrogens is 172 g/mol. The van der Waals surface area contributed by atoms with Gasteiger partial charge in [0.25, 0.3) is 0 Å². The summed E-state index contributed by atoms with van der Waals surface area (Å²) in [5.74, 6) is 1.03. The summed E-state index contributed by atoms with van der Waals surface area (Å²) in [6.07, 6.45) is 6.38. The average Bonchev–Trinajstić information content (AvgIpc) is 2.25. The standard InChI is InChI=1S/C13H20O/c1-3-4-5-6-9-12-10-7-8-11-13(12)14-2/h7-8,10-11H,3-6,9H2,1-2H3. The quantitative estimate of drug-likeness (QED) is 0.623. The van der Waals surface area contributed by atoms with Gasteiger partial charge in [0.05, 0.1) is 7.11 Å². The Balaban J connectivity index is 2.41. The molecule has 0 heterocycles. The summed E-state index contributed by atoms with van der Waals surface area (Å²) < 4.78 is 5.30. The molecule has 0 saturated carbocycles. The molecule has 0 radical (unpaired) electrons. The lowest BCUT2D eigenvalue weighted by Gasteiger charge is -2.07. The van der Waals surface area contributed by atoms with Crippen molar-refractivity contribution in [2.45, 2.75) is 39.0 Å². The fourth-order valence-corrected chi connectivity index (χ4v) is 1.65. The van der Waals surface area contributed by atoms with Crippen LogP contribution in [-0.4, -0.2) is 7.11 Å². The number of aryl methyl sites for hydroxylation is 1. The maximum Gasteiger partial charge on any atom is 0.122 e. The van der Waals surface area contributed by atoms with Crippen LogP contribution in [0.25, 0.3) is 0 Å². The first-order chi connectivity index (χ1) is 6.88. The van der Waals surface area contributed by atoms with E-state index in [0.29, 0.717) is 0 Å². The minimum atomic E-state index is 1.03. The Morgan fingerprint density at radius 2 is 1.86 bits per heavy atom. The van der Waals surface area contributed by atoms with Crippen molar-refractivity contribution in [1.82, 2.24) is 0 Å². The maximum absolute atomic E-state index is 5.30. The van der Waals surface area contributed by atoms with Gasteiger partial charge in [0.1, 0.15) is 5.75 Å². The zero-order valence-corrected chi connectivity index (χ0v) is 9.25. The van der Waals surface area contributed by atoms with Gasteiger partial charge in [0.2, 0.25) is 0 Å². The molecule has 0 aliphatic heterocycles. The predicted molar refractivity (Wildman–Crippen MR) is 60.8 cm³/mol. The highest BCUT2D eigenvalue weighted by Gasteiger charge is 2.00. The van der Waals surface area contributed by atoms with Crippen molar-refractivity contribution in [3.05, 3.63) is 29.8 Å². The average molecular weight is 192 g/mol. The first-order valence-electron chi connectivity index (χ1n) is 5.50. The molecule has 0 saturated heterocycles. The molecule has 0 N–H and O–H groups in total. The second-order valence-corrected chi connectivity index (χ2v) is 3.62. The van der Waals surface area contributed by atoms with Gasteiger partial charge in [-0.3, -0.25) is 0 Å². The third-order valence-electron chi connectivity index (χ3n) is 2.49. The summed E-state index contributed by atoms with van der Waals surface area (Å²) in [7, 11) is 1.74. The van der Waals surface area contributed by atoms with Gasteiger partial charge >= 0.3 is 0 Å². The fraction of sp³-hybridized carbons (Fsp3) is 0.538. The van der Waals surface area contributed by atoms with Crippen LogP contribution in [0.3, 0.4) is 0 Å². The fourth-order valence-electron chi connectivity index (χ4n) is 1.65. The lowest BCUT2D eigenvalue weighted by molar-refractivity contribution is 0.408. The highest BCUT2D eigenvalue weighted by Crippen LogP contribution is 2.19. The predicted octanol–water partition coefficient (Wildman–Crippen LogP) is 3.82. The Kier molecular flexibility index (Phi) is 5.13. The van der Waals surface area contributed by atoms with Crippen LogP contribution >= 0.6 is 0 Å². The molecule has 1 rings (SSSR count). The van der Waals surface area contributed by atoms with Gasteiger partial charge in [-0.15, -0.1) is 0 Å². The van der Waals surface area contributed by atoms with E-state index in [1.807, 2.05) is 12.1 Å². The molecule has 1 aromatic carbocycles. The Morgan fingerprint density at radius 3 is 2.57 bits per heavy atom. The Labute approximate surface area is 87.1 Å². The van der Waals surface area contributed by atoms with Crippen LogP contribution in [0, 0.1) is 0 Å². The number of unbranched alkanes of at least 4 members (excludes halogenated alkanes) is 3. The Hall–Kier alpha value is -0.980. The monoisotopic (exact) mass is 192 g/mol. The van der Waals surface area contributed by atoms with Crippen LogP contribution in [0.4, 0.5) is 0 Å².